The normalized spacial score (nSPS) is 45.8. The third-order valence-corrected chi connectivity index (χ3v) is 6.18. The van der Waals surface area contributed by atoms with Crippen LogP contribution >= 0.6 is 0 Å². The van der Waals surface area contributed by atoms with Crippen molar-refractivity contribution in [2.24, 2.45) is 16.7 Å². The summed E-state index contributed by atoms with van der Waals surface area (Å²) in [5.74, 6) is 1.45. The fourth-order valence-electron chi connectivity index (χ4n) is 6.70. The lowest BCUT2D eigenvalue weighted by Gasteiger charge is -2.65. The van der Waals surface area contributed by atoms with Crippen molar-refractivity contribution in [2.45, 2.75) is 57.8 Å². The third-order valence-electron chi connectivity index (χ3n) is 6.18. The molecular weight excluding hydrogens is 248 g/mol. The Bertz CT molecular complexity index is 559. The first-order chi connectivity index (χ1) is 9.32. The van der Waals surface area contributed by atoms with Gasteiger partial charge in [0, 0.05) is 11.0 Å². The van der Waals surface area contributed by atoms with Crippen LogP contribution in [0.3, 0.4) is 0 Å². The number of aromatic hydroxyl groups is 2. The highest BCUT2D eigenvalue weighted by molar-refractivity contribution is 5.45. The van der Waals surface area contributed by atoms with E-state index in [0.717, 1.165) is 11.5 Å². The molecule has 4 aliphatic carbocycles. The fourth-order valence-corrected chi connectivity index (χ4v) is 6.70. The smallest absolute Gasteiger partial charge is 0.119 e. The molecule has 4 saturated carbocycles. The molecule has 0 radical (unpaired) electrons. The van der Waals surface area contributed by atoms with E-state index in [9.17, 15) is 10.2 Å². The summed E-state index contributed by atoms with van der Waals surface area (Å²) < 4.78 is 0. The van der Waals surface area contributed by atoms with Crippen LogP contribution in [0.25, 0.3) is 0 Å². The van der Waals surface area contributed by atoms with Crippen molar-refractivity contribution in [1.82, 2.24) is 0 Å². The van der Waals surface area contributed by atoms with Crippen molar-refractivity contribution in [3.8, 4) is 11.5 Å². The van der Waals surface area contributed by atoms with Gasteiger partial charge in [0.25, 0.3) is 0 Å². The summed E-state index contributed by atoms with van der Waals surface area (Å²) in [4.78, 5) is 0. The van der Waals surface area contributed by atoms with E-state index in [4.69, 9.17) is 0 Å². The number of phenolic OH excluding ortho intramolecular Hbond substituents is 2. The molecule has 2 heteroatoms. The van der Waals surface area contributed by atoms with Gasteiger partial charge in [-0.25, -0.2) is 0 Å². The average Bonchev–Trinajstić information content (AvgIpc) is 2.27. The Morgan fingerprint density at radius 3 is 2.20 bits per heavy atom. The van der Waals surface area contributed by atoms with Crippen LogP contribution in [0.5, 0.6) is 11.5 Å². The van der Waals surface area contributed by atoms with E-state index < -0.39 is 0 Å². The Morgan fingerprint density at radius 1 is 0.950 bits per heavy atom. The van der Waals surface area contributed by atoms with E-state index in [1.54, 1.807) is 12.1 Å². The first-order valence-electron chi connectivity index (χ1n) is 7.84. The summed E-state index contributed by atoms with van der Waals surface area (Å²) in [6, 6.07) is 5.06. The molecule has 2 atom stereocenters. The van der Waals surface area contributed by atoms with Crippen molar-refractivity contribution in [3.05, 3.63) is 23.8 Å². The van der Waals surface area contributed by atoms with Crippen LogP contribution in [0.2, 0.25) is 0 Å². The highest BCUT2D eigenvalue weighted by Gasteiger charge is 2.61. The lowest BCUT2D eigenvalue weighted by Crippen LogP contribution is -2.56. The van der Waals surface area contributed by atoms with Gasteiger partial charge in [-0.15, -0.1) is 0 Å². The minimum Gasteiger partial charge on any atom is -0.508 e. The zero-order valence-electron chi connectivity index (χ0n) is 12.4. The molecule has 108 valence electrons. The Kier molecular flexibility index (Phi) is 2.21. The third kappa shape index (κ3) is 1.63. The molecular formula is C18H24O2. The number of rotatable bonds is 1. The summed E-state index contributed by atoms with van der Waals surface area (Å²) in [7, 11) is 0. The van der Waals surface area contributed by atoms with Gasteiger partial charge in [-0.2, -0.15) is 0 Å². The second-order valence-corrected chi connectivity index (χ2v) is 8.61. The molecule has 5 rings (SSSR count). The summed E-state index contributed by atoms with van der Waals surface area (Å²) in [6.07, 6.45) is 7.56. The molecule has 1 aromatic rings. The van der Waals surface area contributed by atoms with Crippen LogP contribution in [-0.2, 0) is 5.41 Å². The second kappa shape index (κ2) is 3.52. The molecule has 2 nitrogen and oxygen atoms in total. The van der Waals surface area contributed by atoms with Crippen molar-refractivity contribution < 1.29 is 10.2 Å². The molecule has 20 heavy (non-hydrogen) atoms. The van der Waals surface area contributed by atoms with E-state index in [1.807, 2.05) is 6.07 Å². The van der Waals surface area contributed by atoms with Gasteiger partial charge < -0.3 is 10.2 Å². The lowest BCUT2D eigenvalue weighted by molar-refractivity contribution is -0.110. The van der Waals surface area contributed by atoms with Crippen LogP contribution in [0.15, 0.2) is 18.2 Å². The average molecular weight is 272 g/mol. The highest BCUT2D eigenvalue weighted by atomic mass is 16.3. The van der Waals surface area contributed by atoms with E-state index in [-0.39, 0.29) is 11.2 Å². The van der Waals surface area contributed by atoms with Crippen molar-refractivity contribution in [1.29, 1.82) is 0 Å². The van der Waals surface area contributed by atoms with Crippen molar-refractivity contribution in [3.63, 3.8) is 0 Å². The zero-order chi connectivity index (χ0) is 14.2. The van der Waals surface area contributed by atoms with Crippen molar-refractivity contribution >= 4 is 0 Å². The number of benzene rings is 1. The Balaban J connectivity index is 1.86. The topological polar surface area (TPSA) is 40.5 Å². The molecule has 0 saturated heterocycles. The molecule has 2 N–H and O–H groups in total. The number of hydrogen-bond donors (Lipinski definition) is 2. The maximum atomic E-state index is 10.4. The Labute approximate surface area is 120 Å². The molecule has 0 amide bonds. The largest absolute Gasteiger partial charge is 0.508 e. The van der Waals surface area contributed by atoms with E-state index >= 15 is 0 Å². The zero-order valence-corrected chi connectivity index (χ0v) is 12.4. The van der Waals surface area contributed by atoms with E-state index in [1.165, 1.54) is 38.5 Å². The van der Waals surface area contributed by atoms with Crippen LogP contribution in [0.1, 0.15) is 57.9 Å². The number of hydrogen-bond acceptors (Lipinski definition) is 2. The van der Waals surface area contributed by atoms with Crippen LogP contribution < -0.4 is 0 Å². The summed E-state index contributed by atoms with van der Waals surface area (Å²) in [5.41, 5.74) is 1.93. The molecule has 4 bridgehead atoms. The maximum Gasteiger partial charge on any atom is 0.119 e. The van der Waals surface area contributed by atoms with E-state index in [2.05, 4.69) is 13.8 Å². The summed E-state index contributed by atoms with van der Waals surface area (Å²) >= 11 is 0. The molecule has 0 heterocycles. The van der Waals surface area contributed by atoms with Gasteiger partial charge in [-0.1, -0.05) is 13.8 Å². The SMILES string of the molecule is CC12CC3CC(C)(C1)CC(c1cc(O)ccc1O)(C3)C2. The minimum atomic E-state index is 0.0890. The first kappa shape index (κ1) is 12.6. The molecule has 4 aliphatic rings. The minimum absolute atomic E-state index is 0.0890. The molecule has 2 unspecified atom stereocenters. The Morgan fingerprint density at radius 2 is 1.60 bits per heavy atom. The van der Waals surface area contributed by atoms with Crippen molar-refractivity contribution in [2.75, 3.05) is 0 Å². The van der Waals surface area contributed by atoms with Gasteiger partial charge in [-0.3, -0.25) is 0 Å². The molecule has 1 aromatic carbocycles. The quantitative estimate of drug-likeness (QED) is 0.746. The van der Waals surface area contributed by atoms with Gasteiger partial charge in [0.1, 0.15) is 11.5 Å². The predicted molar refractivity (Wildman–Crippen MR) is 78.9 cm³/mol. The van der Waals surface area contributed by atoms with Crippen LogP contribution in [-0.4, -0.2) is 10.2 Å². The molecule has 4 fully saturated rings. The first-order valence-corrected chi connectivity index (χ1v) is 7.84. The summed E-state index contributed by atoms with van der Waals surface area (Å²) in [5, 5.41) is 20.2. The van der Waals surface area contributed by atoms with Gasteiger partial charge in [-0.05, 0) is 73.5 Å². The van der Waals surface area contributed by atoms with Gasteiger partial charge in [0.2, 0.25) is 0 Å². The molecule has 0 aromatic heterocycles. The fraction of sp³-hybridized carbons (Fsp3) is 0.667. The second-order valence-electron chi connectivity index (χ2n) is 8.61. The monoisotopic (exact) mass is 272 g/mol. The standard InChI is InChI=1S/C18H24O2/c1-16-6-12-7-17(2,9-16)11-18(8-12,10-16)14-5-13(19)3-4-15(14)20/h3-5,12,19-20H,6-11H2,1-2H3. The maximum absolute atomic E-state index is 10.4. The number of phenols is 2. The molecule has 0 spiro atoms. The summed E-state index contributed by atoms with van der Waals surface area (Å²) in [6.45, 7) is 4.87. The van der Waals surface area contributed by atoms with Gasteiger partial charge in [0.05, 0.1) is 0 Å². The molecule has 0 aliphatic heterocycles. The van der Waals surface area contributed by atoms with Gasteiger partial charge in [0.15, 0.2) is 0 Å². The highest BCUT2D eigenvalue weighted by Crippen LogP contribution is 2.70. The lowest BCUT2D eigenvalue weighted by atomic mass is 9.39. The van der Waals surface area contributed by atoms with E-state index in [0.29, 0.717) is 16.6 Å². The van der Waals surface area contributed by atoms with Crippen LogP contribution in [0, 0.1) is 16.7 Å². The predicted octanol–water partition coefficient (Wildman–Crippen LogP) is 4.35. The Hall–Kier alpha value is -1.18. The van der Waals surface area contributed by atoms with Crippen LogP contribution in [0.4, 0.5) is 0 Å². The van der Waals surface area contributed by atoms with Gasteiger partial charge >= 0.3 is 0 Å².